The number of carbonyl (C=O) groups is 2. The van der Waals surface area contributed by atoms with E-state index in [1.165, 1.54) is 6.92 Å². The predicted octanol–water partition coefficient (Wildman–Crippen LogP) is 4.72. The van der Waals surface area contributed by atoms with E-state index in [0.29, 0.717) is 32.7 Å². The molecular formula is C26H38O7. The smallest absolute Gasteiger partial charge is 0.305 e. The fourth-order valence-electron chi connectivity index (χ4n) is 3.70. The maximum atomic E-state index is 11.7. The lowest BCUT2D eigenvalue weighted by Gasteiger charge is -2.16. The van der Waals surface area contributed by atoms with E-state index in [0.717, 1.165) is 18.4 Å². The zero-order valence-corrected chi connectivity index (χ0v) is 20.3. The molecule has 0 saturated carbocycles. The molecule has 0 aromatic heterocycles. The van der Waals surface area contributed by atoms with E-state index < -0.39 is 5.79 Å². The second kappa shape index (κ2) is 14.1. The first-order valence-electron chi connectivity index (χ1n) is 11.8. The Balaban J connectivity index is 1.81. The normalized spacial score (nSPS) is 20.6. The largest absolute Gasteiger partial charge is 0.466 e. The standard InChI is InChI=1S/C26H38O7/c1-5-30-25(28)17-16-24-23(32-26(3,4)33-24)15-14-22(31-20(2)27)13-9-10-18-29-19-21-11-7-6-8-12-21/h6-8,11-12,14-15,22-24H,5,9-10,13,16-19H2,1-4H3/b15-14+/t22-,23-,24-/m0/s1. The lowest BCUT2D eigenvalue weighted by atomic mass is 10.1. The molecule has 0 spiro atoms. The molecule has 1 aliphatic heterocycles. The van der Waals surface area contributed by atoms with Crippen LogP contribution in [-0.2, 0) is 39.9 Å². The molecule has 0 N–H and O–H groups in total. The molecule has 0 radical (unpaired) electrons. The van der Waals surface area contributed by atoms with Crippen molar-refractivity contribution >= 4 is 11.9 Å². The lowest BCUT2D eigenvalue weighted by molar-refractivity contribution is -0.149. The van der Waals surface area contributed by atoms with Crippen LogP contribution < -0.4 is 0 Å². The first-order valence-corrected chi connectivity index (χ1v) is 11.8. The molecule has 1 fully saturated rings. The van der Waals surface area contributed by atoms with Gasteiger partial charge in [-0.05, 0) is 58.1 Å². The molecule has 0 aliphatic carbocycles. The van der Waals surface area contributed by atoms with Crippen LogP contribution in [0.3, 0.4) is 0 Å². The molecule has 1 saturated heterocycles. The third-order valence-electron chi connectivity index (χ3n) is 5.13. The Bertz CT molecular complexity index is 744. The zero-order valence-electron chi connectivity index (χ0n) is 20.3. The topological polar surface area (TPSA) is 80.3 Å². The van der Waals surface area contributed by atoms with Crippen LogP contribution in [0.25, 0.3) is 0 Å². The average Bonchev–Trinajstić information content (AvgIpc) is 3.07. The van der Waals surface area contributed by atoms with Crippen molar-refractivity contribution in [2.75, 3.05) is 13.2 Å². The van der Waals surface area contributed by atoms with Crippen molar-refractivity contribution in [3.63, 3.8) is 0 Å². The number of esters is 2. The SMILES string of the molecule is CCOC(=O)CC[C@@H]1OC(C)(C)O[C@H]1/C=C/[C@H](CCCCOCc1ccccc1)OC(C)=O. The summed E-state index contributed by atoms with van der Waals surface area (Å²) in [6.07, 6.45) is 5.96. The summed E-state index contributed by atoms with van der Waals surface area (Å²) >= 11 is 0. The lowest BCUT2D eigenvalue weighted by Crippen LogP contribution is -2.23. The van der Waals surface area contributed by atoms with Gasteiger partial charge in [-0.2, -0.15) is 0 Å². The number of carbonyl (C=O) groups excluding carboxylic acids is 2. The van der Waals surface area contributed by atoms with E-state index in [-0.39, 0.29) is 36.7 Å². The van der Waals surface area contributed by atoms with Crippen LogP contribution in [0.15, 0.2) is 42.5 Å². The highest BCUT2D eigenvalue weighted by molar-refractivity contribution is 5.69. The number of rotatable bonds is 14. The molecule has 0 amide bonds. The number of hydrogen-bond acceptors (Lipinski definition) is 7. The number of unbranched alkanes of at least 4 members (excludes halogenated alkanes) is 1. The average molecular weight is 463 g/mol. The van der Waals surface area contributed by atoms with Gasteiger partial charge in [-0.15, -0.1) is 0 Å². The second-order valence-electron chi connectivity index (χ2n) is 8.55. The Hall–Kier alpha value is -2.22. The summed E-state index contributed by atoms with van der Waals surface area (Å²) in [7, 11) is 0. The van der Waals surface area contributed by atoms with Crippen LogP contribution in [0.5, 0.6) is 0 Å². The molecule has 1 aromatic rings. The first kappa shape index (κ1) is 27.0. The summed E-state index contributed by atoms with van der Waals surface area (Å²) in [6, 6.07) is 10.1. The summed E-state index contributed by atoms with van der Waals surface area (Å²) in [5.41, 5.74) is 1.15. The van der Waals surface area contributed by atoms with Crippen LogP contribution in [0.2, 0.25) is 0 Å². The van der Waals surface area contributed by atoms with Crippen LogP contribution in [0.4, 0.5) is 0 Å². The number of benzene rings is 1. The van der Waals surface area contributed by atoms with Gasteiger partial charge in [0, 0.05) is 20.0 Å². The zero-order chi connectivity index (χ0) is 24.1. The van der Waals surface area contributed by atoms with E-state index >= 15 is 0 Å². The van der Waals surface area contributed by atoms with Crippen molar-refractivity contribution < 1.29 is 33.3 Å². The van der Waals surface area contributed by atoms with Crippen molar-refractivity contribution in [1.82, 2.24) is 0 Å². The minimum absolute atomic E-state index is 0.249. The molecular weight excluding hydrogens is 424 g/mol. The molecule has 184 valence electrons. The minimum atomic E-state index is -0.749. The third-order valence-corrected chi connectivity index (χ3v) is 5.13. The van der Waals surface area contributed by atoms with E-state index in [1.807, 2.05) is 56.3 Å². The highest BCUT2D eigenvalue weighted by atomic mass is 16.7. The van der Waals surface area contributed by atoms with Gasteiger partial charge in [0.2, 0.25) is 0 Å². The van der Waals surface area contributed by atoms with Crippen LogP contribution in [0.1, 0.15) is 65.4 Å². The van der Waals surface area contributed by atoms with Crippen molar-refractivity contribution in [2.45, 2.75) is 90.5 Å². The highest BCUT2D eigenvalue weighted by Gasteiger charge is 2.40. The van der Waals surface area contributed by atoms with Gasteiger partial charge in [0.25, 0.3) is 0 Å². The van der Waals surface area contributed by atoms with Gasteiger partial charge in [-0.3, -0.25) is 9.59 Å². The Morgan fingerprint density at radius 1 is 1.15 bits per heavy atom. The molecule has 1 heterocycles. The number of ether oxygens (including phenoxy) is 5. The summed E-state index contributed by atoms with van der Waals surface area (Å²) in [5.74, 6) is -1.32. The van der Waals surface area contributed by atoms with Crippen molar-refractivity contribution in [3.8, 4) is 0 Å². The van der Waals surface area contributed by atoms with Crippen molar-refractivity contribution in [3.05, 3.63) is 48.0 Å². The van der Waals surface area contributed by atoms with Gasteiger partial charge < -0.3 is 23.7 Å². The van der Waals surface area contributed by atoms with E-state index in [9.17, 15) is 9.59 Å². The quantitative estimate of drug-likeness (QED) is 0.225. The van der Waals surface area contributed by atoms with Gasteiger partial charge >= 0.3 is 11.9 Å². The summed E-state index contributed by atoms with van der Waals surface area (Å²) in [6.45, 7) is 8.48. The van der Waals surface area contributed by atoms with E-state index in [1.54, 1.807) is 6.92 Å². The Kier molecular flexibility index (Phi) is 11.6. The molecule has 0 bridgehead atoms. The molecule has 1 aliphatic rings. The van der Waals surface area contributed by atoms with Crippen LogP contribution in [0, 0.1) is 0 Å². The third kappa shape index (κ3) is 11.0. The van der Waals surface area contributed by atoms with Crippen LogP contribution in [-0.4, -0.2) is 49.3 Å². The fraction of sp³-hybridized carbons (Fsp3) is 0.615. The molecule has 0 unspecified atom stereocenters. The summed E-state index contributed by atoms with van der Waals surface area (Å²) in [5, 5.41) is 0. The maximum absolute atomic E-state index is 11.7. The Morgan fingerprint density at radius 2 is 1.91 bits per heavy atom. The maximum Gasteiger partial charge on any atom is 0.305 e. The molecule has 7 heteroatoms. The molecule has 1 aromatic carbocycles. The van der Waals surface area contributed by atoms with E-state index in [2.05, 4.69) is 0 Å². The predicted molar refractivity (Wildman–Crippen MR) is 124 cm³/mol. The molecule has 3 atom stereocenters. The minimum Gasteiger partial charge on any atom is -0.466 e. The van der Waals surface area contributed by atoms with Gasteiger partial charge in [-0.25, -0.2) is 0 Å². The monoisotopic (exact) mass is 462 g/mol. The highest BCUT2D eigenvalue weighted by Crippen LogP contribution is 2.31. The summed E-state index contributed by atoms with van der Waals surface area (Å²) in [4.78, 5) is 23.3. The number of hydrogen-bond donors (Lipinski definition) is 0. The van der Waals surface area contributed by atoms with E-state index in [4.69, 9.17) is 23.7 Å². The van der Waals surface area contributed by atoms with Crippen molar-refractivity contribution in [2.24, 2.45) is 0 Å². The van der Waals surface area contributed by atoms with Crippen molar-refractivity contribution in [1.29, 1.82) is 0 Å². The Labute approximate surface area is 197 Å². The van der Waals surface area contributed by atoms with Gasteiger partial charge in [0.15, 0.2) is 5.79 Å². The van der Waals surface area contributed by atoms with Gasteiger partial charge in [0.05, 0.1) is 19.3 Å². The first-order chi connectivity index (χ1) is 15.8. The molecule has 7 nitrogen and oxygen atoms in total. The Morgan fingerprint density at radius 3 is 2.61 bits per heavy atom. The fourth-order valence-corrected chi connectivity index (χ4v) is 3.70. The van der Waals surface area contributed by atoms with Crippen LogP contribution >= 0.6 is 0 Å². The molecule has 2 rings (SSSR count). The van der Waals surface area contributed by atoms with Gasteiger partial charge in [-0.1, -0.05) is 36.4 Å². The van der Waals surface area contributed by atoms with Gasteiger partial charge in [0.1, 0.15) is 12.2 Å². The second-order valence-corrected chi connectivity index (χ2v) is 8.55. The summed E-state index contributed by atoms with van der Waals surface area (Å²) < 4.78 is 28.1. The molecule has 33 heavy (non-hydrogen) atoms.